The van der Waals surface area contributed by atoms with Gasteiger partial charge >= 0.3 is 18.3 Å². The van der Waals surface area contributed by atoms with E-state index < -0.39 is 48.7 Å². The van der Waals surface area contributed by atoms with Crippen molar-refractivity contribution in [3.8, 4) is 0 Å². The van der Waals surface area contributed by atoms with E-state index in [1.807, 2.05) is 5.53 Å². The maximum atomic E-state index is 14.7. The fourth-order valence-corrected chi connectivity index (χ4v) is 4.19. The third kappa shape index (κ3) is 6.03. The number of alkyl halides is 6. The third-order valence-corrected chi connectivity index (χ3v) is 6.37. The van der Waals surface area contributed by atoms with Gasteiger partial charge in [-0.1, -0.05) is 6.07 Å². The number of nitrogens with zero attached hydrogens (tertiary/aromatic N) is 4. The highest BCUT2D eigenvalue weighted by Crippen LogP contribution is 2.32. The predicted molar refractivity (Wildman–Crippen MR) is 121 cm³/mol. The first-order valence-electron chi connectivity index (χ1n) is 11.6. The van der Waals surface area contributed by atoms with E-state index in [-0.39, 0.29) is 41.5 Å². The maximum Gasteiger partial charge on any atom is 0.493 e. The van der Waals surface area contributed by atoms with Gasteiger partial charge in [-0.05, 0) is 37.1 Å². The van der Waals surface area contributed by atoms with Gasteiger partial charge in [0.2, 0.25) is 0 Å². The zero-order valence-corrected chi connectivity index (χ0v) is 20.8. The van der Waals surface area contributed by atoms with Crippen LogP contribution in [0.2, 0.25) is 0 Å². The van der Waals surface area contributed by atoms with Crippen LogP contribution in [0.5, 0.6) is 0 Å². The van der Waals surface area contributed by atoms with Crippen molar-refractivity contribution >= 4 is 11.9 Å². The molecule has 0 radical (unpaired) electrons. The molecule has 10 nitrogen and oxygen atoms in total. The second-order valence-corrected chi connectivity index (χ2v) is 9.08. The van der Waals surface area contributed by atoms with Crippen LogP contribution in [0.15, 0.2) is 34.4 Å². The van der Waals surface area contributed by atoms with Gasteiger partial charge in [0, 0.05) is 24.9 Å². The van der Waals surface area contributed by atoms with Crippen molar-refractivity contribution in [1.29, 1.82) is 0 Å². The van der Waals surface area contributed by atoms with E-state index in [0.717, 1.165) is 11.0 Å². The van der Waals surface area contributed by atoms with Crippen molar-refractivity contribution in [2.24, 2.45) is 0 Å². The monoisotopic (exact) mass is 578 g/mol. The Balaban J connectivity index is 1.59. The topological polar surface area (TPSA) is 111 Å². The molecule has 0 atom stereocenters. The number of halogens is 7. The fraction of sp³-hybridized carbons (Fsp3) is 0.391. The predicted octanol–water partition coefficient (Wildman–Crippen LogP) is 2.79. The number of hydroxylamine groups is 1. The number of H-pyrrole nitrogens is 1. The number of hydrazine groups is 2. The van der Waals surface area contributed by atoms with Gasteiger partial charge < -0.3 is 9.74 Å². The molecule has 0 saturated carbocycles. The SMILES string of the molecule is Cc1c(Cc2ccc(F)c(C(=O)N3CCC4=C(C3)N(OC(=O)C(F)(F)F)NN4CC(F)(F)F)c2)n[nH]c(=O)c1C. The van der Waals surface area contributed by atoms with Crippen LogP contribution < -0.4 is 11.1 Å². The average Bonchev–Trinajstić information content (AvgIpc) is 3.19. The molecular weight excluding hydrogens is 557 g/mol. The van der Waals surface area contributed by atoms with Gasteiger partial charge in [-0.3, -0.25) is 14.6 Å². The Morgan fingerprint density at radius 2 is 1.77 bits per heavy atom. The summed E-state index contributed by atoms with van der Waals surface area (Å²) in [4.78, 5) is 41.6. The van der Waals surface area contributed by atoms with Crippen LogP contribution >= 0.6 is 0 Å². The van der Waals surface area contributed by atoms with Gasteiger partial charge in [-0.2, -0.15) is 31.4 Å². The summed E-state index contributed by atoms with van der Waals surface area (Å²) in [5, 5.41) is 6.91. The second kappa shape index (κ2) is 10.4. The fourth-order valence-electron chi connectivity index (χ4n) is 4.19. The van der Waals surface area contributed by atoms with Crippen molar-refractivity contribution < 1.29 is 45.2 Å². The smallest absolute Gasteiger partial charge is 0.332 e. The molecule has 3 heterocycles. The molecule has 2 aromatic rings. The number of carbonyl (C=O) groups excluding carboxylic acids is 2. The molecule has 0 unspecified atom stereocenters. The molecule has 2 N–H and O–H groups in total. The molecule has 2 aliphatic rings. The molecular formula is C23H21F7N6O4. The average molecular weight is 578 g/mol. The van der Waals surface area contributed by atoms with Crippen LogP contribution in [0.1, 0.15) is 39.2 Å². The quantitative estimate of drug-likeness (QED) is 0.522. The number of nitrogens with one attached hydrogen (secondary N) is 2. The van der Waals surface area contributed by atoms with Gasteiger partial charge in [-0.15, -0.1) is 10.7 Å². The molecule has 0 fully saturated rings. The van der Waals surface area contributed by atoms with Crippen molar-refractivity contribution in [3.63, 3.8) is 0 Å². The van der Waals surface area contributed by atoms with Gasteiger partial charge in [0.25, 0.3) is 11.5 Å². The van der Waals surface area contributed by atoms with Crippen LogP contribution in [-0.2, 0) is 16.1 Å². The lowest BCUT2D eigenvalue weighted by Gasteiger charge is -2.30. The van der Waals surface area contributed by atoms with Gasteiger partial charge in [0.15, 0.2) is 0 Å². The lowest BCUT2D eigenvalue weighted by molar-refractivity contribution is -0.250. The molecule has 1 aromatic carbocycles. The Hall–Kier alpha value is -4.15. The Morgan fingerprint density at radius 3 is 2.42 bits per heavy atom. The first-order valence-corrected chi connectivity index (χ1v) is 11.6. The van der Waals surface area contributed by atoms with Gasteiger partial charge in [0.1, 0.15) is 18.1 Å². The number of amides is 1. The van der Waals surface area contributed by atoms with E-state index in [1.165, 1.54) is 12.1 Å². The van der Waals surface area contributed by atoms with Crippen LogP contribution in [-0.4, -0.2) is 69.1 Å². The van der Waals surface area contributed by atoms with Crippen molar-refractivity contribution in [2.75, 3.05) is 19.6 Å². The molecule has 0 saturated heterocycles. The first kappa shape index (κ1) is 28.8. The molecule has 0 aliphatic carbocycles. The molecule has 1 aromatic heterocycles. The third-order valence-electron chi connectivity index (χ3n) is 6.37. The molecule has 40 heavy (non-hydrogen) atoms. The highest BCUT2D eigenvalue weighted by molar-refractivity contribution is 5.95. The van der Waals surface area contributed by atoms with Crippen molar-refractivity contribution in [3.05, 3.63) is 73.7 Å². The minimum Gasteiger partial charge on any atom is -0.332 e. The van der Waals surface area contributed by atoms with E-state index in [1.54, 1.807) is 13.8 Å². The summed E-state index contributed by atoms with van der Waals surface area (Å²) in [6.07, 6.45) is -10.4. The second-order valence-electron chi connectivity index (χ2n) is 9.08. The van der Waals surface area contributed by atoms with Crippen molar-refractivity contribution in [1.82, 2.24) is 30.8 Å². The van der Waals surface area contributed by atoms with Crippen LogP contribution in [0.25, 0.3) is 0 Å². The molecule has 2 aliphatic heterocycles. The highest BCUT2D eigenvalue weighted by Gasteiger charge is 2.47. The zero-order chi connectivity index (χ0) is 29.6. The van der Waals surface area contributed by atoms with E-state index in [9.17, 15) is 45.1 Å². The number of rotatable bonds is 5. The van der Waals surface area contributed by atoms with Crippen molar-refractivity contribution in [2.45, 2.75) is 39.0 Å². The molecule has 0 spiro atoms. The summed E-state index contributed by atoms with van der Waals surface area (Å²) < 4.78 is 92.1. The standard InChI is InChI=1S/C23H21F7N6O4/c1-11-12(2)19(37)32-31-16(11)8-13-3-4-15(24)14(7-13)20(38)34-6-5-17-18(9-34)36(40-21(39)23(28,29)30)33-35(17)10-22(25,26)27/h3-4,7,33H,5-6,8-10H2,1-2H3,(H,32,37). The van der Waals surface area contributed by atoms with E-state index in [4.69, 9.17) is 0 Å². The minimum atomic E-state index is -5.45. The molecule has 0 bridgehead atoms. The maximum absolute atomic E-state index is 14.7. The Morgan fingerprint density at radius 1 is 1.07 bits per heavy atom. The lowest BCUT2D eigenvalue weighted by atomic mass is 10.0. The van der Waals surface area contributed by atoms with Crippen LogP contribution in [0.3, 0.4) is 0 Å². The summed E-state index contributed by atoms with van der Waals surface area (Å²) in [6.45, 7) is 0.842. The Bertz CT molecular complexity index is 1440. The summed E-state index contributed by atoms with van der Waals surface area (Å²) in [6, 6.07) is 3.68. The summed E-state index contributed by atoms with van der Waals surface area (Å²) in [5.74, 6) is -4.52. The molecule has 1 amide bonds. The number of benzene rings is 1. The highest BCUT2D eigenvalue weighted by atomic mass is 19.4. The number of aromatic amines is 1. The first-order chi connectivity index (χ1) is 18.5. The van der Waals surface area contributed by atoms with E-state index in [2.05, 4.69) is 15.0 Å². The normalized spacial score (nSPS) is 16.0. The van der Waals surface area contributed by atoms with E-state index >= 15 is 0 Å². The van der Waals surface area contributed by atoms with Crippen LogP contribution in [0.4, 0.5) is 30.7 Å². The van der Waals surface area contributed by atoms with Crippen LogP contribution in [0, 0.1) is 19.7 Å². The number of aromatic nitrogens is 2. The number of hydrogen-bond acceptors (Lipinski definition) is 8. The van der Waals surface area contributed by atoms with Gasteiger partial charge in [0.05, 0.1) is 23.5 Å². The summed E-state index contributed by atoms with van der Waals surface area (Å²) in [7, 11) is 0. The summed E-state index contributed by atoms with van der Waals surface area (Å²) in [5.41, 5.74) is 2.60. The lowest BCUT2D eigenvalue weighted by Crippen LogP contribution is -2.47. The number of carbonyl (C=O) groups is 2. The zero-order valence-electron chi connectivity index (χ0n) is 20.8. The summed E-state index contributed by atoms with van der Waals surface area (Å²) >= 11 is 0. The largest absolute Gasteiger partial charge is 0.493 e. The minimum absolute atomic E-state index is 0.121. The van der Waals surface area contributed by atoms with E-state index in [0.29, 0.717) is 27.4 Å². The Labute approximate surface area is 220 Å². The Kier molecular flexibility index (Phi) is 7.53. The molecule has 4 rings (SSSR count). The molecule has 17 heteroatoms. The molecule has 216 valence electrons. The van der Waals surface area contributed by atoms with Gasteiger partial charge in [-0.25, -0.2) is 14.3 Å². The number of hydrogen-bond donors (Lipinski definition) is 2.